The Balaban J connectivity index is 2.19. The summed E-state index contributed by atoms with van der Waals surface area (Å²) in [5, 5.41) is 0.462. The average Bonchev–Trinajstić information content (AvgIpc) is 2.47. The van der Waals surface area contributed by atoms with Gasteiger partial charge in [0.2, 0.25) is 0 Å². The monoisotopic (exact) mass is 295 g/mol. The van der Waals surface area contributed by atoms with E-state index in [0.717, 1.165) is 5.56 Å². The van der Waals surface area contributed by atoms with E-state index in [1.807, 2.05) is 12.1 Å². The molecule has 3 nitrogen and oxygen atoms in total. The lowest BCUT2D eigenvalue weighted by molar-refractivity contribution is 0.300. The van der Waals surface area contributed by atoms with Crippen molar-refractivity contribution in [2.24, 2.45) is 5.73 Å². The fourth-order valence-corrected chi connectivity index (χ4v) is 1.95. The van der Waals surface area contributed by atoms with Crippen LogP contribution in [0.3, 0.4) is 0 Å². The molecule has 2 aromatic rings. The molecular formula is C15H15ClFNO2. The molecule has 0 saturated carbocycles. The molecule has 0 bridgehead atoms. The van der Waals surface area contributed by atoms with Crippen molar-refractivity contribution in [1.29, 1.82) is 0 Å². The molecule has 0 saturated heterocycles. The number of hydrogen-bond acceptors (Lipinski definition) is 3. The third-order valence-corrected chi connectivity index (χ3v) is 3.25. The zero-order chi connectivity index (χ0) is 14.5. The highest BCUT2D eigenvalue weighted by atomic mass is 35.5. The predicted molar refractivity (Wildman–Crippen MR) is 76.6 cm³/mol. The van der Waals surface area contributed by atoms with Crippen LogP contribution in [0.5, 0.6) is 11.5 Å². The summed E-state index contributed by atoms with van der Waals surface area (Å²) in [6.45, 7) is 0.507. The summed E-state index contributed by atoms with van der Waals surface area (Å²) in [5.41, 5.74) is 7.08. The highest BCUT2D eigenvalue weighted by molar-refractivity contribution is 6.31. The molecule has 0 aliphatic rings. The Hall–Kier alpha value is -1.78. The number of rotatable bonds is 5. The average molecular weight is 296 g/mol. The molecule has 0 spiro atoms. The van der Waals surface area contributed by atoms with Crippen molar-refractivity contribution in [2.75, 3.05) is 7.11 Å². The SMILES string of the molecule is COc1ccc(CN)c(OCc2cc(F)ccc2Cl)c1. The van der Waals surface area contributed by atoms with Gasteiger partial charge < -0.3 is 15.2 Å². The quantitative estimate of drug-likeness (QED) is 0.918. The van der Waals surface area contributed by atoms with E-state index in [-0.39, 0.29) is 12.4 Å². The van der Waals surface area contributed by atoms with Gasteiger partial charge in [-0.3, -0.25) is 0 Å². The zero-order valence-electron chi connectivity index (χ0n) is 11.0. The third-order valence-electron chi connectivity index (χ3n) is 2.89. The minimum Gasteiger partial charge on any atom is -0.497 e. The second-order valence-corrected chi connectivity index (χ2v) is 4.61. The summed E-state index contributed by atoms with van der Waals surface area (Å²) in [7, 11) is 1.57. The van der Waals surface area contributed by atoms with Gasteiger partial charge in [0.25, 0.3) is 0 Å². The second kappa shape index (κ2) is 6.59. The van der Waals surface area contributed by atoms with Crippen LogP contribution in [-0.4, -0.2) is 7.11 Å². The number of halogens is 2. The molecule has 20 heavy (non-hydrogen) atoms. The van der Waals surface area contributed by atoms with E-state index in [1.165, 1.54) is 18.2 Å². The van der Waals surface area contributed by atoms with E-state index in [0.29, 0.717) is 28.6 Å². The molecule has 0 unspecified atom stereocenters. The Morgan fingerprint density at radius 3 is 2.65 bits per heavy atom. The van der Waals surface area contributed by atoms with Crippen LogP contribution in [0.25, 0.3) is 0 Å². The molecule has 0 aliphatic carbocycles. The third kappa shape index (κ3) is 3.40. The first kappa shape index (κ1) is 14.6. The van der Waals surface area contributed by atoms with Crippen molar-refractivity contribution in [3.8, 4) is 11.5 Å². The molecule has 0 aliphatic heterocycles. The molecule has 2 rings (SSSR count). The maximum absolute atomic E-state index is 13.2. The van der Waals surface area contributed by atoms with E-state index in [9.17, 15) is 4.39 Å². The van der Waals surface area contributed by atoms with Crippen LogP contribution in [0.2, 0.25) is 5.02 Å². The fraction of sp³-hybridized carbons (Fsp3) is 0.200. The Labute approximate surface area is 122 Å². The molecule has 0 fully saturated rings. The normalized spacial score (nSPS) is 10.4. The maximum Gasteiger partial charge on any atom is 0.127 e. The molecule has 5 heteroatoms. The van der Waals surface area contributed by atoms with Crippen LogP contribution in [0, 0.1) is 5.82 Å². The summed E-state index contributed by atoms with van der Waals surface area (Å²) < 4.78 is 24.0. The van der Waals surface area contributed by atoms with Crippen molar-refractivity contribution >= 4 is 11.6 Å². The molecule has 106 valence electrons. The first-order chi connectivity index (χ1) is 9.63. The zero-order valence-corrected chi connectivity index (χ0v) is 11.8. The number of ether oxygens (including phenoxy) is 2. The van der Waals surface area contributed by atoms with Gasteiger partial charge in [-0.25, -0.2) is 4.39 Å². The molecule has 0 radical (unpaired) electrons. The summed E-state index contributed by atoms with van der Waals surface area (Å²) in [6.07, 6.45) is 0. The highest BCUT2D eigenvalue weighted by Gasteiger charge is 2.07. The molecule has 0 heterocycles. The predicted octanol–water partition coefficient (Wildman–Crippen LogP) is 3.53. The summed E-state index contributed by atoms with van der Waals surface area (Å²) in [5.74, 6) is 0.924. The van der Waals surface area contributed by atoms with Crippen LogP contribution in [-0.2, 0) is 13.2 Å². The van der Waals surface area contributed by atoms with E-state index in [1.54, 1.807) is 13.2 Å². The molecule has 0 aromatic heterocycles. The summed E-state index contributed by atoms with van der Waals surface area (Å²) in [6, 6.07) is 9.55. The van der Waals surface area contributed by atoms with Gasteiger partial charge in [-0.2, -0.15) is 0 Å². The Morgan fingerprint density at radius 1 is 1.15 bits per heavy atom. The number of hydrogen-bond donors (Lipinski definition) is 1. The van der Waals surface area contributed by atoms with Gasteiger partial charge in [-0.05, 0) is 24.3 Å². The van der Waals surface area contributed by atoms with Gasteiger partial charge in [0, 0.05) is 28.8 Å². The molecule has 0 amide bonds. The van der Waals surface area contributed by atoms with Crippen LogP contribution in [0.15, 0.2) is 36.4 Å². The Kier molecular flexibility index (Phi) is 4.82. The summed E-state index contributed by atoms with van der Waals surface area (Å²) in [4.78, 5) is 0. The van der Waals surface area contributed by atoms with Crippen molar-refractivity contribution < 1.29 is 13.9 Å². The van der Waals surface area contributed by atoms with Crippen LogP contribution in [0.4, 0.5) is 4.39 Å². The minimum absolute atomic E-state index is 0.163. The lowest BCUT2D eigenvalue weighted by atomic mass is 10.2. The maximum atomic E-state index is 13.2. The van der Waals surface area contributed by atoms with Crippen molar-refractivity contribution in [1.82, 2.24) is 0 Å². The van der Waals surface area contributed by atoms with E-state index < -0.39 is 0 Å². The molecule has 2 N–H and O–H groups in total. The van der Waals surface area contributed by atoms with Gasteiger partial charge in [0.1, 0.15) is 23.9 Å². The largest absolute Gasteiger partial charge is 0.497 e. The first-order valence-electron chi connectivity index (χ1n) is 6.07. The smallest absolute Gasteiger partial charge is 0.127 e. The Morgan fingerprint density at radius 2 is 1.95 bits per heavy atom. The second-order valence-electron chi connectivity index (χ2n) is 4.20. The fourth-order valence-electron chi connectivity index (χ4n) is 1.77. The van der Waals surface area contributed by atoms with E-state index >= 15 is 0 Å². The van der Waals surface area contributed by atoms with Crippen LogP contribution < -0.4 is 15.2 Å². The molecule has 2 aromatic carbocycles. The minimum atomic E-state index is -0.349. The number of benzene rings is 2. The van der Waals surface area contributed by atoms with E-state index in [2.05, 4.69) is 0 Å². The van der Waals surface area contributed by atoms with Crippen molar-refractivity contribution in [2.45, 2.75) is 13.2 Å². The lowest BCUT2D eigenvalue weighted by Gasteiger charge is -2.12. The standard InChI is InChI=1S/C15H15ClFNO2/c1-19-13-4-2-10(8-18)15(7-13)20-9-11-6-12(17)3-5-14(11)16/h2-7H,8-9,18H2,1H3. The molecule has 0 atom stereocenters. The van der Waals surface area contributed by atoms with Crippen molar-refractivity contribution in [3.63, 3.8) is 0 Å². The topological polar surface area (TPSA) is 44.5 Å². The number of methoxy groups -OCH3 is 1. The first-order valence-corrected chi connectivity index (χ1v) is 6.45. The van der Waals surface area contributed by atoms with Gasteiger partial charge >= 0.3 is 0 Å². The van der Waals surface area contributed by atoms with Gasteiger partial charge in [-0.15, -0.1) is 0 Å². The number of nitrogens with two attached hydrogens (primary N) is 1. The summed E-state index contributed by atoms with van der Waals surface area (Å²) >= 11 is 6.00. The highest BCUT2D eigenvalue weighted by Crippen LogP contribution is 2.26. The Bertz CT molecular complexity index is 604. The molecular weight excluding hydrogens is 281 g/mol. The van der Waals surface area contributed by atoms with Gasteiger partial charge in [0.15, 0.2) is 0 Å². The van der Waals surface area contributed by atoms with Gasteiger partial charge in [-0.1, -0.05) is 17.7 Å². The van der Waals surface area contributed by atoms with Crippen LogP contribution in [0.1, 0.15) is 11.1 Å². The lowest BCUT2D eigenvalue weighted by Crippen LogP contribution is -2.03. The van der Waals surface area contributed by atoms with E-state index in [4.69, 9.17) is 26.8 Å². The van der Waals surface area contributed by atoms with Gasteiger partial charge in [0.05, 0.1) is 7.11 Å². The van der Waals surface area contributed by atoms with Crippen molar-refractivity contribution in [3.05, 3.63) is 58.4 Å². The van der Waals surface area contributed by atoms with Crippen LogP contribution >= 0.6 is 11.6 Å².